The van der Waals surface area contributed by atoms with Crippen molar-refractivity contribution in [1.29, 1.82) is 0 Å². The summed E-state index contributed by atoms with van der Waals surface area (Å²) >= 11 is 5.88. The first-order chi connectivity index (χ1) is 10.6. The topological polar surface area (TPSA) is 58.2 Å². The highest BCUT2D eigenvalue weighted by molar-refractivity contribution is 6.33. The molecule has 0 saturated heterocycles. The fourth-order valence-corrected chi connectivity index (χ4v) is 2.07. The van der Waals surface area contributed by atoms with Crippen LogP contribution in [0.4, 0.5) is 4.39 Å². The summed E-state index contributed by atoms with van der Waals surface area (Å²) in [6.45, 7) is 0. The monoisotopic (exact) mass is 320 g/mol. The summed E-state index contributed by atoms with van der Waals surface area (Å²) in [4.78, 5) is 23.5. The SMILES string of the molecule is O=C(CCc1ccccc1F)NNC(=O)c1ccccc1Cl. The standard InChI is InChI=1S/C16H14ClFN2O2/c17-13-7-3-2-6-12(13)16(22)20-19-15(21)10-9-11-5-1-4-8-14(11)18/h1-8H,9-10H2,(H,19,21)(H,20,22). The number of hydrogen-bond donors (Lipinski definition) is 2. The molecule has 114 valence electrons. The zero-order valence-corrected chi connectivity index (χ0v) is 12.4. The van der Waals surface area contributed by atoms with E-state index < -0.39 is 11.8 Å². The summed E-state index contributed by atoms with van der Waals surface area (Å²) in [6.07, 6.45) is 0.310. The van der Waals surface area contributed by atoms with Crippen LogP contribution in [0.3, 0.4) is 0 Å². The number of benzene rings is 2. The summed E-state index contributed by atoms with van der Waals surface area (Å²) in [5, 5.41) is 0.292. The molecule has 0 atom stereocenters. The number of nitrogens with one attached hydrogen (secondary N) is 2. The summed E-state index contributed by atoms with van der Waals surface area (Å²) in [5.41, 5.74) is 5.27. The van der Waals surface area contributed by atoms with Crippen molar-refractivity contribution in [2.45, 2.75) is 12.8 Å². The minimum atomic E-state index is -0.509. The highest BCUT2D eigenvalue weighted by Crippen LogP contribution is 2.14. The number of rotatable bonds is 4. The van der Waals surface area contributed by atoms with E-state index >= 15 is 0 Å². The third kappa shape index (κ3) is 4.30. The molecule has 0 saturated carbocycles. The molecule has 2 N–H and O–H groups in total. The molecule has 6 heteroatoms. The number of carbonyl (C=O) groups is 2. The van der Waals surface area contributed by atoms with E-state index in [-0.39, 0.29) is 24.2 Å². The Balaban J connectivity index is 1.82. The fraction of sp³-hybridized carbons (Fsp3) is 0.125. The van der Waals surface area contributed by atoms with E-state index in [9.17, 15) is 14.0 Å². The molecule has 0 aliphatic rings. The lowest BCUT2D eigenvalue weighted by molar-refractivity contribution is -0.121. The van der Waals surface area contributed by atoms with Crippen molar-refractivity contribution < 1.29 is 14.0 Å². The summed E-state index contributed by atoms with van der Waals surface area (Å²) in [7, 11) is 0. The van der Waals surface area contributed by atoms with Crippen LogP contribution in [0.25, 0.3) is 0 Å². The Morgan fingerprint density at radius 1 is 1.00 bits per heavy atom. The molecule has 0 radical (unpaired) electrons. The predicted molar refractivity (Wildman–Crippen MR) is 81.8 cm³/mol. The maximum absolute atomic E-state index is 13.4. The number of aryl methyl sites for hydroxylation is 1. The van der Waals surface area contributed by atoms with Crippen LogP contribution in [-0.2, 0) is 11.2 Å². The van der Waals surface area contributed by atoms with E-state index in [0.29, 0.717) is 10.6 Å². The number of hydrogen-bond acceptors (Lipinski definition) is 2. The third-order valence-electron chi connectivity index (χ3n) is 3.01. The fourth-order valence-electron chi connectivity index (χ4n) is 1.85. The molecule has 0 spiro atoms. The highest BCUT2D eigenvalue weighted by atomic mass is 35.5. The summed E-state index contributed by atoms with van der Waals surface area (Å²) < 4.78 is 13.4. The molecule has 0 unspecified atom stereocenters. The smallest absolute Gasteiger partial charge is 0.271 e. The van der Waals surface area contributed by atoms with Gasteiger partial charge in [-0.1, -0.05) is 41.9 Å². The van der Waals surface area contributed by atoms with E-state index in [1.807, 2.05) is 0 Å². The van der Waals surface area contributed by atoms with Gasteiger partial charge >= 0.3 is 0 Å². The molecule has 2 amide bonds. The first-order valence-corrected chi connectivity index (χ1v) is 7.03. The van der Waals surface area contributed by atoms with Crippen molar-refractivity contribution in [2.24, 2.45) is 0 Å². The molecule has 0 aliphatic heterocycles. The first kappa shape index (κ1) is 16.0. The van der Waals surface area contributed by atoms with Gasteiger partial charge in [-0.05, 0) is 30.2 Å². The molecule has 2 aromatic carbocycles. The van der Waals surface area contributed by atoms with Gasteiger partial charge in [0.05, 0.1) is 10.6 Å². The number of hydrazine groups is 1. The zero-order valence-electron chi connectivity index (χ0n) is 11.6. The van der Waals surface area contributed by atoms with Gasteiger partial charge < -0.3 is 0 Å². The number of amides is 2. The van der Waals surface area contributed by atoms with Crippen molar-refractivity contribution in [1.82, 2.24) is 10.9 Å². The van der Waals surface area contributed by atoms with Crippen molar-refractivity contribution >= 4 is 23.4 Å². The van der Waals surface area contributed by atoms with Crippen LogP contribution in [0.15, 0.2) is 48.5 Å². The second-order valence-electron chi connectivity index (χ2n) is 4.57. The van der Waals surface area contributed by atoms with E-state index in [0.717, 1.165) is 0 Å². The molecule has 0 heterocycles. The molecule has 4 nitrogen and oxygen atoms in total. The van der Waals surface area contributed by atoms with Gasteiger partial charge in [0.15, 0.2) is 0 Å². The van der Waals surface area contributed by atoms with Crippen molar-refractivity contribution in [3.8, 4) is 0 Å². The average Bonchev–Trinajstić information content (AvgIpc) is 2.52. The third-order valence-corrected chi connectivity index (χ3v) is 3.34. The Morgan fingerprint density at radius 2 is 1.68 bits per heavy atom. The summed E-state index contributed by atoms with van der Waals surface area (Å²) in [6, 6.07) is 12.7. The number of halogens is 2. The minimum absolute atomic E-state index is 0.0593. The lowest BCUT2D eigenvalue weighted by Crippen LogP contribution is -2.41. The molecule has 22 heavy (non-hydrogen) atoms. The average molecular weight is 321 g/mol. The molecule has 0 aromatic heterocycles. The second-order valence-corrected chi connectivity index (χ2v) is 4.98. The van der Waals surface area contributed by atoms with Gasteiger partial charge in [-0.2, -0.15) is 0 Å². The Morgan fingerprint density at radius 3 is 2.41 bits per heavy atom. The Hall–Kier alpha value is -2.40. The Kier molecular flexibility index (Phi) is 5.49. The van der Waals surface area contributed by atoms with Crippen LogP contribution in [0, 0.1) is 5.82 Å². The molecule has 2 aromatic rings. The van der Waals surface area contributed by atoms with Gasteiger partial charge in [0.2, 0.25) is 5.91 Å². The largest absolute Gasteiger partial charge is 0.273 e. The molecular formula is C16H14ClFN2O2. The van der Waals surface area contributed by atoms with Crippen LogP contribution >= 0.6 is 11.6 Å². The van der Waals surface area contributed by atoms with Crippen molar-refractivity contribution in [2.75, 3.05) is 0 Å². The molecule has 2 rings (SSSR count). The van der Waals surface area contributed by atoms with E-state index in [4.69, 9.17) is 11.6 Å². The summed E-state index contributed by atoms with van der Waals surface area (Å²) in [5.74, 6) is -1.27. The van der Waals surface area contributed by atoms with Crippen LogP contribution in [-0.4, -0.2) is 11.8 Å². The predicted octanol–water partition coefficient (Wildman–Crippen LogP) is 2.87. The van der Waals surface area contributed by atoms with Crippen LogP contribution in [0.2, 0.25) is 5.02 Å². The van der Waals surface area contributed by atoms with Crippen molar-refractivity contribution in [3.63, 3.8) is 0 Å². The minimum Gasteiger partial charge on any atom is -0.273 e. The molecular weight excluding hydrogens is 307 g/mol. The highest BCUT2D eigenvalue weighted by Gasteiger charge is 2.11. The molecule has 0 fully saturated rings. The normalized spacial score (nSPS) is 10.1. The van der Waals surface area contributed by atoms with E-state index in [1.165, 1.54) is 6.07 Å². The first-order valence-electron chi connectivity index (χ1n) is 6.65. The molecule has 0 bridgehead atoms. The van der Waals surface area contributed by atoms with Gasteiger partial charge in [0, 0.05) is 6.42 Å². The zero-order chi connectivity index (χ0) is 15.9. The van der Waals surface area contributed by atoms with Gasteiger partial charge in [0.25, 0.3) is 5.91 Å². The number of carbonyl (C=O) groups excluding carboxylic acids is 2. The van der Waals surface area contributed by atoms with Crippen LogP contribution in [0.1, 0.15) is 22.3 Å². The lowest BCUT2D eigenvalue weighted by Gasteiger charge is -2.08. The van der Waals surface area contributed by atoms with Gasteiger partial charge in [-0.15, -0.1) is 0 Å². The van der Waals surface area contributed by atoms with Gasteiger partial charge in [0.1, 0.15) is 5.82 Å². The lowest BCUT2D eigenvalue weighted by atomic mass is 10.1. The van der Waals surface area contributed by atoms with E-state index in [1.54, 1.807) is 42.5 Å². The quantitative estimate of drug-likeness (QED) is 0.851. The van der Waals surface area contributed by atoms with Gasteiger partial charge in [-0.3, -0.25) is 20.4 Å². The maximum atomic E-state index is 13.4. The van der Waals surface area contributed by atoms with Crippen LogP contribution in [0.5, 0.6) is 0 Å². The molecule has 0 aliphatic carbocycles. The Labute approximate surface area is 132 Å². The second kappa shape index (κ2) is 7.56. The van der Waals surface area contributed by atoms with Crippen molar-refractivity contribution in [3.05, 3.63) is 70.5 Å². The van der Waals surface area contributed by atoms with Gasteiger partial charge in [-0.25, -0.2) is 4.39 Å². The van der Waals surface area contributed by atoms with E-state index in [2.05, 4.69) is 10.9 Å². The Bertz CT molecular complexity index is 691. The maximum Gasteiger partial charge on any atom is 0.271 e. The van der Waals surface area contributed by atoms with Crippen LogP contribution < -0.4 is 10.9 Å².